The number of fused-ring (bicyclic) bond motifs is 1. The van der Waals surface area contributed by atoms with Crippen molar-refractivity contribution in [2.75, 3.05) is 11.9 Å². The molecule has 2 unspecified atom stereocenters. The van der Waals surface area contributed by atoms with Gasteiger partial charge in [-0.05, 0) is 88.3 Å². The van der Waals surface area contributed by atoms with Crippen LogP contribution in [0.3, 0.4) is 0 Å². The first-order chi connectivity index (χ1) is 19.4. The fraction of sp³-hybridized carbons (Fsp3) is 0.567. The van der Waals surface area contributed by atoms with E-state index >= 15 is 0 Å². The molecule has 1 aromatic carbocycles. The minimum atomic E-state index is -1.01. The number of carbonyl (C=O) groups is 1. The van der Waals surface area contributed by atoms with E-state index < -0.39 is 17.0 Å². The van der Waals surface area contributed by atoms with Crippen molar-refractivity contribution in [3.8, 4) is 5.88 Å². The van der Waals surface area contributed by atoms with Crippen LogP contribution in [-0.2, 0) is 19.2 Å². The van der Waals surface area contributed by atoms with Crippen LogP contribution in [0, 0.1) is 23.6 Å². The highest BCUT2D eigenvalue weighted by molar-refractivity contribution is 6.31. The topological polar surface area (TPSA) is 114 Å². The van der Waals surface area contributed by atoms with Crippen molar-refractivity contribution >= 4 is 23.2 Å². The standard InChI is InChI=1S/C30H37ClFN5O4/c1-29(2,39)15-41-25-11-24(37(35-25)14-17-4-5-17)30(40)12-19-8-18(9-20(19)13-30)26-27(36(3)16-33-26)28(38)34-21-6-7-23(32)22(31)10-21/h6-7,10-11,16-20,39-40H,4-5,8-9,12-15H2,1-3H3,(H,34,38). The molecule has 2 heterocycles. The Morgan fingerprint density at radius 3 is 2.59 bits per heavy atom. The predicted octanol–water partition coefficient (Wildman–Crippen LogP) is 5.01. The summed E-state index contributed by atoms with van der Waals surface area (Å²) in [4.78, 5) is 17.9. The minimum Gasteiger partial charge on any atom is -0.474 e. The van der Waals surface area contributed by atoms with E-state index in [1.54, 1.807) is 31.8 Å². The summed E-state index contributed by atoms with van der Waals surface area (Å²) >= 11 is 5.90. The second kappa shape index (κ2) is 10.4. The lowest BCUT2D eigenvalue weighted by molar-refractivity contribution is 0.0250. The zero-order valence-electron chi connectivity index (χ0n) is 23.6. The van der Waals surface area contributed by atoms with E-state index in [-0.39, 0.29) is 35.3 Å². The number of aromatic nitrogens is 4. The van der Waals surface area contributed by atoms with Gasteiger partial charge in [-0.2, -0.15) is 0 Å². The highest BCUT2D eigenvalue weighted by Gasteiger charge is 2.52. The molecule has 2 atom stereocenters. The Morgan fingerprint density at radius 1 is 1.24 bits per heavy atom. The van der Waals surface area contributed by atoms with Gasteiger partial charge in [0.05, 0.1) is 28.3 Å². The molecule has 0 bridgehead atoms. The maximum absolute atomic E-state index is 13.6. The van der Waals surface area contributed by atoms with E-state index in [4.69, 9.17) is 16.3 Å². The number of benzene rings is 1. The minimum absolute atomic E-state index is 0.0569. The zero-order chi connectivity index (χ0) is 29.1. The van der Waals surface area contributed by atoms with Crippen LogP contribution in [0.15, 0.2) is 30.6 Å². The predicted molar refractivity (Wildman–Crippen MR) is 151 cm³/mol. The summed E-state index contributed by atoms with van der Waals surface area (Å²) in [5, 5.41) is 29.5. The van der Waals surface area contributed by atoms with E-state index in [1.165, 1.54) is 31.0 Å². The average Bonchev–Trinajstić information content (AvgIpc) is 3.17. The van der Waals surface area contributed by atoms with Gasteiger partial charge in [-0.15, -0.1) is 5.10 Å². The van der Waals surface area contributed by atoms with Crippen molar-refractivity contribution in [1.82, 2.24) is 19.3 Å². The Hall–Kier alpha value is -2.95. The fourth-order valence-corrected chi connectivity index (χ4v) is 6.84. The lowest BCUT2D eigenvalue weighted by Crippen LogP contribution is -2.28. The van der Waals surface area contributed by atoms with Crippen molar-refractivity contribution < 1.29 is 24.1 Å². The highest BCUT2D eigenvalue weighted by atomic mass is 35.5. The molecule has 3 aliphatic rings. The number of carbonyl (C=O) groups excluding carboxylic acids is 1. The molecular formula is C30H37ClFN5O4. The van der Waals surface area contributed by atoms with Crippen LogP contribution in [0.5, 0.6) is 5.88 Å². The van der Waals surface area contributed by atoms with Crippen LogP contribution in [-0.4, -0.2) is 47.7 Å². The highest BCUT2D eigenvalue weighted by Crippen LogP contribution is 2.57. The molecule has 0 aliphatic heterocycles. The number of imidazole rings is 1. The Labute approximate surface area is 243 Å². The Bertz CT molecular complexity index is 1450. The molecule has 3 saturated carbocycles. The first-order valence-corrected chi connectivity index (χ1v) is 14.7. The Kier molecular flexibility index (Phi) is 7.15. The van der Waals surface area contributed by atoms with Gasteiger partial charge in [-0.1, -0.05) is 11.6 Å². The SMILES string of the molecule is Cn1cnc(C2CC3CC(O)(c4cc(OCC(C)(C)O)nn4CC4CC4)CC3C2)c1C(=O)Nc1ccc(F)c(Cl)c1. The molecule has 220 valence electrons. The third-order valence-electron chi connectivity index (χ3n) is 8.72. The van der Waals surface area contributed by atoms with Crippen LogP contribution in [0.2, 0.25) is 5.02 Å². The Balaban J connectivity index is 1.17. The van der Waals surface area contributed by atoms with Crippen LogP contribution < -0.4 is 10.1 Å². The zero-order valence-corrected chi connectivity index (χ0v) is 24.4. The van der Waals surface area contributed by atoms with Gasteiger partial charge in [-0.25, -0.2) is 9.37 Å². The number of aryl methyl sites for hydroxylation is 1. The lowest BCUT2D eigenvalue weighted by atomic mass is 9.90. The van der Waals surface area contributed by atoms with Crippen LogP contribution >= 0.6 is 11.6 Å². The van der Waals surface area contributed by atoms with Gasteiger partial charge in [-0.3, -0.25) is 9.48 Å². The number of halogens is 2. The largest absolute Gasteiger partial charge is 0.474 e. The maximum atomic E-state index is 13.6. The summed E-state index contributed by atoms with van der Waals surface area (Å²) in [6.45, 7) is 4.25. The van der Waals surface area contributed by atoms with Gasteiger partial charge >= 0.3 is 0 Å². The molecule has 3 aliphatic carbocycles. The van der Waals surface area contributed by atoms with Gasteiger partial charge in [0.15, 0.2) is 0 Å². The number of anilines is 1. The van der Waals surface area contributed by atoms with E-state index in [9.17, 15) is 19.4 Å². The van der Waals surface area contributed by atoms with Crippen molar-refractivity contribution in [2.45, 2.75) is 76.0 Å². The molecule has 6 rings (SSSR count). The van der Waals surface area contributed by atoms with Gasteiger partial charge in [0.25, 0.3) is 5.91 Å². The second-order valence-electron chi connectivity index (χ2n) is 12.9. The molecule has 3 fully saturated rings. The normalized spacial score (nSPS) is 25.9. The van der Waals surface area contributed by atoms with E-state index in [1.807, 2.05) is 10.7 Å². The number of aliphatic hydroxyl groups is 2. The summed E-state index contributed by atoms with van der Waals surface area (Å²) in [5.74, 6) is 0.792. The quantitative estimate of drug-likeness (QED) is 0.325. The third-order valence-corrected chi connectivity index (χ3v) is 9.01. The molecule has 0 radical (unpaired) electrons. The molecule has 3 N–H and O–H groups in total. The molecule has 1 amide bonds. The summed E-state index contributed by atoms with van der Waals surface area (Å²) in [5.41, 5.74) is 0.431. The molecule has 11 heteroatoms. The molecule has 0 spiro atoms. The number of nitrogens with one attached hydrogen (secondary N) is 1. The molecular weight excluding hydrogens is 549 g/mol. The number of ether oxygens (including phenoxy) is 1. The summed E-state index contributed by atoms with van der Waals surface area (Å²) in [7, 11) is 1.79. The van der Waals surface area contributed by atoms with Gasteiger partial charge < -0.3 is 24.8 Å². The van der Waals surface area contributed by atoms with Crippen molar-refractivity contribution in [3.05, 3.63) is 58.5 Å². The Morgan fingerprint density at radius 2 is 1.95 bits per heavy atom. The average molecular weight is 586 g/mol. The summed E-state index contributed by atoms with van der Waals surface area (Å²) < 4.78 is 23.0. The van der Waals surface area contributed by atoms with Gasteiger partial charge in [0.1, 0.15) is 23.7 Å². The van der Waals surface area contributed by atoms with Crippen LogP contribution in [0.25, 0.3) is 0 Å². The monoisotopic (exact) mass is 585 g/mol. The molecule has 9 nitrogen and oxygen atoms in total. The van der Waals surface area contributed by atoms with E-state index in [0.717, 1.165) is 30.8 Å². The van der Waals surface area contributed by atoms with Crippen LogP contribution in [0.1, 0.15) is 80.2 Å². The fourth-order valence-electron chi connectivity index (χ4n) is 6.66. The maximum Gasteiger partial charge on any atom is 0.274 e. The molecule has 3 aromatic rings. The molecule has 41 heavy (non-hydrogen) atoms. The van der Waals surface area contributed by atoms with Gasteiger partial charge in [0.2, 0.25) is 5.88 Å². The van der Waals surface area contributed by atoms with Gasteiger partial charge in [0, 0.05) is 31.3 Å². The second-order valence-corrected chi connectivity index (χ2v) is 13.3. The lowest BCUT2D eigenvalue weighted by Gasteiger charge is -2.25. The molecule has 0 saturated heterocycles. The summed E-state index contributed by atoms with van der Waals surface area (Å²) in [6, 6.07) is 5.93. The number of rotatable bonds is 9. The van der Waals surface area contributed by atoms with Crippen molar-refractivity contribution in [3.63, 3.8) is 0 Å². The van der Waals surface area contributed by atoms with Crippen molar-refractivity contribution in [1.29, 1.82) is 0 Å². The first-order valence-electron chi connectivity index (χ1n) is 14.3. The van der Waals surface area contributed by atoms with E-state index in [2.05, 4.69) is 15.4 Å². The smallest absolute Gasteiger partial charge is 0.274 e. The number of hydrogen-bond donors (Lipinski definition) is 3. The van der Waals surface area contributed by atoms with Crippen LogP contribution in [0.4, 0.5) is 10.1 Å². The van der Waals surface area contributed by atoms with Crippen molar-refractivity contribution in [2.24, 2.45) is 24.8 Å². The number of hydrogen-bond acceptors (Lipinski definition) is 6. The van der Waals surface area contributed by atoms with E-state index in [0.29, 0.717) is 36.0 Å². The molecule has 2 aromatic heterocycles. The number of nitrogens with zero attached hydrogens (tertiary/aromatic N) is 4. The summed E-state index contributed by atoms with van der Waals surface area (Å²) in [6.07, 6.45) is 6.85. The number of amides is 1. The third kappa shape index (κ3) is 5.87. The first kappa shape index (κ1) is 28.2.